The molecule has 11 heteroatoms. The number of sulfonamides is 1. The summed E-state index contributed by atoms with van der Waals surface area (Å²) in [4.78, 5) is 29.0. The number of methoxy groups -OCH3 is 1. The van der Waals surface area contributed by atoms with Gasteiger partial charge in [0.1, 0.15) is 18.3 Å². The zero-order valence-corrected chi connectivity index (χ0v) is 26.8. The zero-order chi connectivity index (χ0) is 31.0. The van der Waals surface area contributed by atoms with Crippen LogP contribution in [0.2, 0.25) is 10.0 Å². The third kappa shape index (κ3) is 8.18. The van der Waals surface area contributed by atoms with Gasteiger partial charge in [-0.25, -0.2) is 8.42 Å². The Morgan fingerprint density at radius 1 is 0.952 bits per heavy atom. The van der Waals surface area contributed by atoms with Crippen LogP contribution in [0.1, 0.15) is 44.7 Å². The fraction of sp³-hybridized carbons (Fsp3) is 0.355. The van der Waals surface area contributed by atoms with Gasteiger partial charge in [-0.2, -0.15) is 0 Å². The molecule has 8 nitrogen and oxygen atoms in total. The molecule has 0 spiro atoms. The first-order valence-electron chi connectivity index (χ1n) is 13.7. The molecule has 0 unspecified atom stereocenters. The van der Waals surface area contributed by atoms with Crippen LogP contribution in [0.5, 0.6) is 5.75 Å². The lowest BCUT2D eigenvalue weighted by Gasteiger charge is -2.34. The summed E-state index contributed by atoms with van der Waals surface area (Å²) in [5.41, 5.74) is 1.73. The molecule has 0 aliphatic rings. The highest BCUT2D eigenvalue weighted by atomic mass is 35.5. The van der Waals surface area contributed by atoms with Gasteiger partial charge in [0.25, 0.3) is 10.0 Å². The van der Waals surface area contributed by atoms with Crippen molar-refractivity contribution in [3.8, 4) is 5.75 Å². The number of ether oxygens (including phenoxy) is 1. The molecule has 1 N–H and O–H groups in total. The molecule has 3 aromatic rings. The van der Waals surface area contributed by atoms with Gasteiger partial charge in [0.05, 0.1) is 17.7 Å². The van der Waals surface area contributed by atoms with E-state index in [1.54, 1.807) is 61.5 Å². The summed E-state index contributed by atoms with van der Waals surface area (Å²) in [7, 11) is -2.67. The number of anilines is 1. The Labute approximate surface area is 258 Å². The average Bonchev–Trinajstić information content (AvgIpc) is 2.96. The largest absolute Gasteiger partial charge is 0.497 e. The maximum Gasteiger partial charge on any atom is 0.264 e. The van der Waals surface area contributed by atoms with Crippen molar-refractivity contribution in [3.05, 3.63) is 87.9 Å². The monoisotopic (exact) mass is 633 g/mol. The van der Waals surface area contributed by atoms with E-state index in [1.807, 2.05) is 20.8 Å². The minimum Gasteiger partial charge on any atom is -0.497 e. The number of nitrogens with zero attached hydrogens (tertiary/aromatic N) is 2. The molecule has 0 aliphatic heterocycles. The van der Waals surface area contributed by atoms with Crippen molar-refractivity contribution in [2.75, 3.05) is 18.0 Å². The summed E-state index contributed by atoms with van der Waals surface area (Å²) in [5.74, 6) is -0.370. The molecule has 0 bridgehead atoms. The fourth-order valence-corrected chi connectivity index (χ4v) is 6.19. The van der Waals surface area contributed by atoms with Crippen LogP contribution in [0, 0.1) is 6.92 Å². The van der Waals surface area contributed by atoms with E-state index in [0.717, 1.165) is 9.87 Å². The number of nitrogens with one attached hydrogen (secondary N) is 1. The Hall–Kier alpha value is -3.27. The SMILES string of the molecule is CC[C@@H](C)NC(=O)[C@@H](CC)N(Cc1ccc(Cl)cc1Cl)C(=O)CN(c1ccc(OC)cc1)S(=O)(=O)c1ccc(C)cc1. The van der Waals surface area contributed by atoms with E-state index in [-0.39, 0.29) is 29.1 Å². The molecule has 0 fully saturated rings. The van der Waals surface area contributed by atoms with E-state index in [4.69, 9.17) is 27.9 Å². The van der Waals surface area contributed by atoms with Crippen LogP contribution in [0.15, 0.2) is 71.6 Å². The van der Waals surface area contributed by atoms with Gasteiger partial charge in [-0.3, -0.25) is 13.9 Å². The second kappa shape index (κ2) is 14.8. The van der Waals surface area contributed by atoms with Gasteiger partial charge in [0.15, 0.2) is 0 Å². The number of amides is 2. The van der Waals surface area contributed by atoms with Crippen molar-refractivity contribution in [2.45, 2.75) is 64.1 Å². The highest BCUT2D eigenvalue weighted by Gasteiger charge is 2.34. The van der Waals surface area contributed by atoms with Gasteiger partial charge in [0.2, 0.25) is 11.8 Å². The first kappa shape index (κ1) is 33.2. The van der Waals surface area contributed by atoms with Gasteiger partial charge in [-0.05, 0) is 80.8 Å². The van der Waals surface area contributed by atoms with E-state index in [0.29, 0.717) is 34.2 Å². The molecule has 226 valence electrons. The fourth-order valence-electron chi connectivity index (χ4n) is 4.31. The normalized spacial score (nSPS) is 12.7. The van der Waals surface area contributed by atoms with E-state index in [2.05, 4.69) is 5.32 Å². The number of hydrogen-bond donors (Lipinski definition) is 1. The Balaban J connectivity index is 2.08. The lowest BCUT2D eigenvalue weighted by Crippen LogP contribution is -2.53. The third-order valence-electron chi connectivity index (χ3n) is 6.99. The summed E-state index contributed by atoms with van der Waals surface area (Å²) in [5, 5.41) is 3.71. The molecule has 2 atom stereocenters. The number of aryl methyl sites for hydroxylation is 1. The van der Waals surface area contributed by atoms with Crippen LogP contribution < -0.4 is 14.4 Å². The smallest absolute Gasteiger partial charge is 0.264 e. The van der Waals surface area contributed by atoms with E-state index in [9.17, 15) is 18.0 Å². The van der Waals surface area contributed by atoms with Crippen molar-refractivity contribution in [1.29, 1.82) is 0 Å². The summed E-state index contributed by atoms with van der Waals surface area (Å²) < 4.78 is 34.2. The van der Waals surface area contributed by atoms with Gasteiger partial charge in [-0.15, -0.1) is 0 Å². The molecular formula is C31H37Cl2N3O5S. The third-order valence-corrected chi connectivity index (χ3v) is 9.37. The number of halogens is 2. The van der Waals surface area contributed by atoms with Gasteiger partial charge in [-0.1, -0.05) is 60.8 Å². The molecule has 0 saturated heterocycles. The molecule has 2 amide bonds. The maximum atomic E-state index is 14.2. The molecule has 3 rings (SSSR count). The summed E-state index contributed by atoms with van der Waals surface area (Å²) in [6.07, 6.45) is 1.01. The van der Waals surface area contributed by atoms with Crippen molar-refractivity contribution in [3.63, 3.8) is 0 Å². The van der Waals surface area contributed by atoms with Crippen LogP contribution in [0.3, 0.4) is 0 Å². The van der Waals surface area contributed by atoms with E-state index < -0.39 is 28.5 Å². The van der Waals surface area contributed by atoms with Crippen molar-refractivity contribution >= 4 is 50.7 Å². The number of carbonyl (C=O) groups is 2. The van der Waals surface area contributed by atoms with Crippen molar-refractivity contribution < 1.29 is 22.7 Å². The Morgan fingerprint density at radius 2 is 1.60 bits per heavy atom. The second-order valence-electron chi connectivity index (χ2n) is 10.0. The quantitative estimate of drug-likeness (QED) is 0.241. The van der Waals surface area contributed by atoms with E-state index >= 15 is 0 Å². The first-order chi connectivity index (χ1) is 19.9. The van der Waals surface area contributed by atoms with Crippen LogP contribution in [0.25, 0.3) is 0 Å². The van der Waals surface area contributed by atoms with Gasteiger partial charge < -0.3 is 15.0 Å². The van der Waals surface area contributed by atoms with Gasteiger partial charge in [0, 0.05) is 22.6 Å². The van der Waals surface area contributed by atoms with Crippen LogP contribution in [-0.4, -0.2) is 50.9 Å². The number of hydrogen-bond acceptors (Lipinski definition) is 5. The first-order valence-corrected chi connectivity index (χ1v) is 15.9. The molecule has 0 heterocycles. The molecule has 0 saturated carbocycles. The van der Waals surface area contributed by atoms with Crippen molar-refractivity contribution in [2.24, 2.45) is 0 Å². The molecule has 0 aromatic heterocycles. The second-order valence-corrected chi connectivity index (χ2v) is 12.7. The Morgan fingerprint density at radius 3 is 2.14 bits per heavy atom. The van der Waals surface area contributed by atoms with Crippen LogP contribution in [0.4, 0.5) is 5.69 Å². The number of benzene rings is 3. The summed E-state index contributed by atoms with van der Waals surface area (Å²) in [6, 6.07) is 16.7. The lowest BCUT2D eigenvalue weighted by atomic mass is 10.1. The van der Waals surface area contributed by atoms with E-state index in [1.165, 1.54) is 24.1 Å². The van der Waals surface area contributed by atoms with Crippen LogP contribution in [-0.2, 0) is 26.2 Å². The topological polar surface area (TPSA) is 96.0 Å². The number of rotatable bonds is 13. The average molecular weight is 635 g/mol. The standard InChI is InChI=1S/C31H37Cl2N3O5S/c1-6-22(4)34-31(38)29(7-2)35(19-23-10-11-24(32)18-28(23)33)30(37)20-36(25-12-14-26(41-5)15-13-25)42(39,40)27-16-8-21(3)9-17-27/h8-18,22,29H,6-7,19-20H2,1-5H3,(H,34,38)/t22-,29-/m1/s1. The number of carbonyl (C=O) groups excluding carboxylic acids is 2. The predicted molar refractivity (Wildman–Crippen MR) is 168 cm³/mol. The van der Waals surface area contributed by atoms with Crippen molar-refractivity contribution in [1.82, 2.24) is 10.2 Å². The molecule has 0 radical (unpaired) electrons. The van der Waals surface area contributed by atoms with Crippen LogP contribution >= 0.6 is 23.2 Å². The summed E-state index contributed by atoms with van der Waals surface area (Å²) in [6.45, 7) is 6.91. The minimum absolute atomic E-state index is 0.0255. The maximum absolute atomic E-state index is 14.2. The Kier molecular flexibility index (Phi) is 11.7. The zero-order valence-electron chi connectivity index (χ0n) is 24.4. The molecule has 0 aliphatic carbocycles. The Bertz CT molecular complexity index is 1480. The molecule has 42 heavy (non-hydrogen) atoms. The molecule has 3 aromatic carbocycles. The summed E-state index contributed by atoms with van der Waals surface area (Å²) >= 11 is 12.6. The highest BCUT2D eigenvalue weighted by molar-refractivity contribution is 7.92. The predicted octanol–water partition coefficient (Wildman–Crippen LogP) is 6.23. The van der Waals surface area contributed by atoms with Gasteiger partial charge >= 0.3 is 0 Å². The highest BCUT2D eigenvalue weighted by Crippen LogP contribution is 2.28. The minimum atomic E-state index is -4.18. The lowest BCUT2D eigenvalue weighted by molar-refractivity contribution is -0.140. The molecular weight excluding hydrogens is 597 g/mol.